The van der Waals surface area contributed by atoms with Crippen molar-refractivity contribution in [1.82, 2.24) is 15.0 Å². The third kappa shape index (κ3) is 4.04. The summed E-state index contributed by atoms with van der Waals surface area (Å²) in [6.07, 6.45) is 6.31. The van der Waals surface area contributed by atoms with Gasteiger partial charge in [0.05, 0.1) is 26.5 Å². The van der Waals surface area contributed by atoms with Gasteiger partial charge in [0.15, 0.2) is 5.13 Å². The molecule has 0 unspecified atom stereocenters. The second-order valence-electron chi connectivity index (χ2n) is 7.14. The second kappa shape index (κ2) is 8.30. The molecule has 0 bridgehead atoms. The number of aromatic nitrogens is 3. The smallest absolute Gasteiger partial charge is 0.321 e. The van der Waals surface area contributed by atoms with Gasteiger partial charge < -0.3 is 19.7 Å². The largest absolute Gasteiger partial charge is 0.481 e. The average molecular weight is 404 g/mol. The topological polar surface area (TPSA) is 89.5 Å². The third-order valence-corrected chi connectivity index (χ3v) is 6.32. The van der Waals surface area contributed by atoms with Crippen molar-refractivity contribution in [3.63, 3.8) is 0 Å². The molecule has 1 N–H and O–H groups in total. The molecule has 3 heterocycles. The van der Waals surface area contributed by atoms with E-state index >= 15 is 0 Å². The monoisotopic (exact) mass is 403 g/mol. The Bertz CT molecular complexity index is 828. The highest BCUT2D eigenvalue weighted by Crippen LogP contribution is 2.32. The molecule has 150 valence electrons. The predicted octanol–water partition coefficient (Wildman–Crippen LogP) is 3.03. The second-order valence-corrected chi connectivity index (χ2v) is 8.22. The summed E-state index contributed by atoms with van der Waals surface area (Å²) in [5.41, 5.74) is 1.06. The van der Waals surface area contributed by atoms with Crippen LogP contribution in [0.4, 0.5) is 10.9 Å². The number of nitrogens with zero attached hydrogens (tertiary/aromatic N) is 4. The van der Waals surface area contributed by atoms with E-state index in [-0.39, 0.29) is 17.8 Å². The van der Waals surface area contributed by atoms with Crippen molar-refractivity contribution >= 4 is 28.2 Å². The normalized spacial score (nSPS) is 17.1. The quantitative estimate of drug-likeness (QED) is 0.821. The first-order valence-electron chi connectivity index (χ1n) is 9.67. The highest BCUT2D eigenvalue weighted by Gasteiger charge is 2.26. The van der Waals surface area contributed by atoms with Crippen molar-refractivity contribution in [3.8, 4) is 11.9 Å². The van der Waals surface area contributed by atoms with Gasteiger partial charge in [-0.05, 0) is 12.8 Å². The van der Waals surface area contributed by atoms with E-state index in [1.807, 2.05) is 0 Å². The lowest BCUT2D eigenvalue weighted by atomic mass is 9.89. The maximum Gasteiger partial charge on any atom is 0.321 e. The van der Waals surface area contributed by atoms with Gasteiger partial charge in [-0.15, -0.1) is 0 Å². The van der Waals surface area contributed by atoms with Gasteiger partial charge in [-0.2, -0.15) is 9.97 Å². The van der Waals surface area contributed by atoms with Crippen LogP contribution in [0.5, 0.6) is 11.9 Å². The summed E-state index contributed by atoms with van der Waals surface area (Å²) in [7, 11) is 3.11. The van der Waals surface area contributed by atoms with E-state index in [4.69, 9.17) is 9.47 Å². The number of methoxy groups -OCH3 is 2. The highest BCUT2D eigenvalue weighted by atomic mass is 32.1. The first kappa shape index (κ1) is 18.9. The van der Waals surface area contributed by atoms with E-state index in [1.165, 1.54) is 13.5 Å². The fraction of sp³-hybridized carbons (Fsp3) is 0.579. The maximum atomic E-state index is 12.5. The molecule has 1 saturated carbocycles. The minimum atomic E-state index is 0.118. The third-order valence-electron chi connectivity index (χ3n) is 5.32. The van der Waals surface area contributed by atoms with Crippen LogP contribution >= 0.6 is 11.3 Å². The number of hydrogen-bond acceptors (Lipinski definition) is 8. The Balaban J connectivity index is 1.46. The van der Waals surface area contributed by atoms with Gasteiger partial charge in [-0.3, -0.25) is 4.79 Å². The average Bonchev–Trinajstić information content (AvgIpc) is 3.15. The lowest BCUT2D eigenvalue weighted by Crippen LogP contribution is -2.30. The number of nitrogens with one attached hydrogen (secondary N) is 1. The van der Waals surface area contributed by atoms with E-state index in [1.54, 1.807) is 24.5 Å². The maximum absolute atomic E-state index is 12.5. The Hall–Kier alpha value is -2.42. The molecule has 9 heteroatoms. The van der Waals surface area contributed by atoms with Gasteiger partial charge in [0.2, 0.25) is 11.8 Å². The van der Waals surface area contributed by atoms with Gasteiger partial charge in [0.25, 0.3) is 0 Å². The molecule has 4 rings (SSSR count). The van der Waals surface area contributed by atoms with Crippen LogP contribution < -0.4 is 19.7 Å². The van der Waals surface area contributed by atoms with Gasteiger partial charge in [0, 0.05) is 29.8 Å². The van der Waals surface area contributed by atoms with Crippen molar-refractivity contribution in [2.45, 2.75) is 45.1 Å². The van der Waals surface area contributed by atoms with Crippen LogP contribution in [-0.4, -0.2) is 41.6 Å². The van der Waals surface area contributed by atoms with Crippen molar-refractivity contribution in [2.24, 2.45) is 5.92 Å². The lowest BCUT2D eigenvalue weighted by Gasteiger charge is -2.27. The van der Waals surface area contributed by atoms with Crippen molar-refractivity contribution in [3.05, 3.63) is 16.6 Å². The zero-order chi connectivity index (χ0) is 19.5. The van der Waals surface area contributed by atoms with Crippen LogP contribution in [0.3, 0.4) is 0 Å². The Morgan fingerprint density at radius 3 is 2.75 bits per heavy atom. The first-order chi connectivity index (χ1) is 13.7. The molecular weight excluding hydrogens is 378 g/mol. The van der Waals surface area contributed by atoms with Crippen LogP contribution in [0, 0.1) is 5.92 Å². The van der Waals surface area contributed by atoms with Crippen LogP contribution in [0.1, 0.15) is 42.7 Å². The molecule has 8 nitrogen and oxygen atoms in total. The molecule has 0 aromatic carbocycles. The number of thiazole rings is 1. The van der Waals surface area contributed by atoms with E-state index in [0.717, 1.165) is 55.0 Å². The molecule has 2 aromatic heterocycles. The summed E-state index contributed by atoms with van der Waals surface area (Å²) in [6, 6.07) is 2.09. The van der Waals surface area contributed by atoms with Crippen LogP contribution in [-0.2, 0) is 17.8 Å². The number of carbonyl (C=O) groups excluding carboxylic acids is 1. The zero-order valence-electron chi connectivity index (χ0n) is 16.2. The van der Waals surface area contributed by atoms with E-state index in [2.05, 4.69) is 25.2 Å². The summed E-state index contributed by atoms with van der Waals surface area (Å²) < 4.78 is 10.4. The highest BCUT2D eigenvalue weighted by molar-refractivity contribution is 7.15. The summed E-state index contributed by atoms with van der Waals surface area (Å²) >= 11 is 1.56. The molecule has 1 aliphatic heterocycles. The van der Waals surface area contributed by atoms with Crippen LogP contribution in [0.15, 0.2) is 6.07 Å². The number of carbonyl (C=O) groups is 1. The van der Waals surface area contributed by atoms with Crippen LogP contribution in [0.2, 0.25) is 0 Å². The van der Waals surface area contributed by atoms with E-state index in [9.17, 15) is 4.79 Å². The minimum Gasteiger partial charge on any atom is -0.481 e. The van der Waals surface area contributed by atoms with Gasteiger partial charge in [0.1, 0.15) is 5.82 Å². The number of fused-ring (bicyclic) bond motifs is 1. The van der Waals surface area contributed by atoms with E-state index in [0.29, 0.717) is 17.6 Å². The number of amides is 1. The number of anilines is 2. The fourth-order valence-electron chi connectivity index (χ4n) is 3.77. The molecule has 2 aromatic rings. The predicted molar refractivity (Wildman–Crippen MR) is 107 cm³/mol. The molecule has 28 heavy (non-hydrogen) atoms. The van der Waals surface area contributed by atoms with Crippen LogP contribution in [0.25, 0.3) is 0 Å². The number of rotatable bonds is 5. The molecule has 0 atom stereocenters. The standard InChI is InChI=1S/C19H25N5O3S/c1-26-16-10-15(21-18(22-16)27-2)24-9-8-13-14(11-24)28-19(20-13)23-17(25)12-6-4-3-5-7-12/h10,12H,3-9,11H2,1-2H3,(H,20,23,25). The Morgan fingerprint density at radius 2 is 2.00 bits per heavy atom. The Kier molecular flexibility index (Phi) is 5.61. The first-order valence-corrected chi connectivity index (χ1v) is 10.5. The van der Waals surface area contributed by atoms with Gasteiger partial charge in [-0.1, -0.05) is 30.6 Å². The summed E-state index contributed by atoms with van der Waals surface area (Å²) in [4.78, 5) is 29.1. The minimum absolute atomic E-state index is 0.118. The fourth-order valence-corrected chi connectivity index (χ4v) is 4.79. The summed E-state index contributed by atoms with van der Waals surface area (Å²) in [5.74, 6) is 1.48. The lowest BCUT2D eigenvalue weighted by molar-refractivity contribution is -0.120. The molecule has 2 aliphatic rings. The van der Waals surface area contributed by atoms with Crippen molar-refractivity contribution in [2.75, 3.05) is 31.0 Å². The SMILES string of the molecule is COc1cc(N2CCc3nc(NC(=O)C4CCCCC4)sc3C2)nc(OC)n1. The molecular formula is C19H25N5O3S. The molecule has 1 fully saturated rings. The molecule has 0 saturated heterocycles. The zero-order valence-corrected chi connectivity index (χ0v) is 17.0. The molecule has 1 aliphatic carbocycles. The Morgan fingerprint density at radius 1 is 1.18 bits per heavy atom. The van der Waals surface area contributed by atoms with Crippen molar-refractivity contribution in [1.29, 1.82) is 0 Å². The Labute approximate surface area is 168 Å². The molecule has 0 radical (unpaired) electrons. The molecule has 0 spiro atoms. The van der Waals surface area contributed by atoms with Gasteiger partial charge >= 0.3 is 6.01 Å². The summed E-state index contributed by atoms with van der Waals surface area (Å²) in [6.45, 7) is 1.48. The summed E-state index contributed by atoms with van der Waals surface area (Å²) in [5, 5.41) is 3.75. The number of hydrogen-bond donors (Lipinski definition) is 1. The molecule has 1 amide bonds. The van der Waals surface area contributed by atoms with Gasteiger partial charge in [-0.25, -0.2) is 4.98 Å². The van der Waals surface area contributed by atoms with Crippen molar-refractivity contribution < 1.29 is 14.3 Å². The number of ether oxygens (including phenoxy) is 2. The van der Waals surface area contributed by atoms with E-state index < -0.39 is 0 Å².